The third kappa shape index (κ3) is 8.26. The Hall–Kier alpha value is -1.06. The second kappa shape index (κ2) is 9.19. The standard InChI is InChI=1S/C12H23NO3/c1-3-4-5-6-7-8-9-11(12(13)15)16-10(2)14/h11H,3-9H2,1-2H3,(H2,13,15). The first-order valence-corrected chi connectivity index (χ1v) is 6.04. The Morgan fingerprint density at radius 1 is 1.12 bits per heavy atom. The van der Waals surface area contributed by atoms with Crippen molar-refractivity contribution in [1.82, 2.24) is 0 Å². The summed E-state index contributed by atoms with van der Waals surface area (Å²) in [5, 5.41) is 0. The minimum atomic E-state index is -0.747. The Bertz CT molecular complexity index is 216. The number of carbonyl (C=O) groups excluding carboxylic acids is 2. The molecule has 1 unspecified atom stereocenters. The zero-order valence-corrected chi connectivity index (χ0v) is 10.3. The molecule has 0 aromatic heterocycles. The van der Waals surface area contributed by atoms with E-state index in [2.05, 4.69) is 6.92 Å². The predicted octanol–water partition coefficient (Wildman–Crippen LogP) is 2.15. The molecule has 4 nitrogen and oxygen atoms in total. The molecule has 0 rings (SSSR count). The average molecular weight is 229 g/mol. The Kier molecular flexibility index (Phi) is 8.58. The molecule has 0 aliphatic carbocycles. The van der Waals surface area contributed by atoms with Crippen LogP contribution in [0.25, 0.3) is 0 Å². The number of carbonyl (C=O) groups is 2. The molecule has 0 aromatic rings. The van der Waals surface area contributed by atoms with Gasteiger partial charge in [0.05, 0.1) is 0 Å². The molecule has 0 aliphatic heterocycles. The van der Waals surface area contributed by atoms with Crippen LogP contribution in [0.1, 0.15) is 58.8 Å². The molecule has 1 amide bonds. The van der Waals surface area contributed by atoms with Crippen molar-refractivity contribution < 1.29 is 14.3 Å². The highest BCUT2D eigenvalue weighted by Crippen LogP contribution is 2.10. The van der Waals surface area contributed by atoms with Gasteiger partial charge in [-0.05, 0) is 12.8 Å². The number of ether oxygens (including phenoxy) is 1. The average Bonchev–Trinajstić information content (AvgIpc) is 2.20. The minimum absolute atomic E-state index is 0.449. The quantitative estimate of drug-likeness (QED) is 0.486. The maximum atomic E-state index is 10.9. The Balaban J connectivity index is 3.60. The number of rotatable bonds is 9. The number of primary amides is 1. The molecule has 0 aliphatic rings. The van der Waals surface area contributed by atoms with Crippen molar-refractivity contribution in [1.29, 1.82) is 0 Å². The Morgan fingerprint density at radius 3 is 2.19 bits per heavy atom. The lowest BCUT2D eigenvalue weighted by molar-refractivity contribution is -0.153. The van der Waals surface area contributed by atoms with Crippen LogP contribution in [0, 0.1) is 0 Å². The highest BCUT2D eigenvalue weighted by Gasteiger charge is 2.17. The first kappa shape index (κ1) is 14.9. The van der Waals surface area contributed by atoms with E-state index in [-0.39, 0.29) is 0 Å². The van der Waals surface area contributed by atoms with Crippen molar-refractivity contribution in [2.45, 2.75) is 64.9 Å². The highest BCUT2D eigenvalue weighted by molar-refractivity contribution is 5.81. The lowest BCUT2D eigenvalue weighted by Crippen LogP contribution is -2.32. The highest BCUT2D eigenvalue weighted by atomic mass is 16.5. The van der Waals surface area contributed by atoms with Crippen LogP contribution in [0.3, 0.4) is 0 Å². The summed E-state index contributed by atoms with van der Waals surface area (Å²) in [6.07, 6.45) is 6.60. The number of unbranched alkanes of at least 4 members (excludes halogenated alkanes) is 5. The van der Waals surface area contributed by atoms with Gasteiger partial charge in [-0.1, -0.05) is 39.0 Å². The van der Waals surface area contributed by atoms with E-state index in [0.29, 0.717) is 6.42 Å². The lowest BCUT2D eigenvalue weighted by atomic mass is 10.1. The molecule has 1 atom stereocenters. The summed E-state index contributed by atoms with van der Waals surface area (Å²) in [6, 6.07) is 0. The molecule has 0 heterocycles. The fourth-order valence-electron chi connectivity index (χ4n) is 1.57. The topological polar surface area (TPSA) is 69.4 Å². The molecule has 0 radical (unpaired) electrons. The fraction of sp³-hybridized carbons (Fsp3) is 0.833. The molecule has 16 heavy (non-hydrogen) atoms. The zero-order chi connectivity index (χ0) is 12.4. The minimum Gasteiger partial charge on any atom is -0.452 e. The van der Waals surface area contributed by atoms with E-state index >= 15 is 0 Å². The van der Waals surface area contributed by atoms with Crippen LogP contribution in [0.5, 0.6) is 0 Å². The summed E-state index contributed by atoms with van der Waals surface area (Å²) < 4.78 is 4.83. The van der Waals surface area contributed by atoms with E-state index in [1.54, 1.807) is 0 Å². The molecule has 0 aromatic carbocycles. The molecule has 94 valence electrons. The van der Waals surface area contributed by atoms with Gasteiger partial charge < -0.3 is 10.5 Å². The van der Waals surface area contributed by atoms with Gasteiger partial charge in [-0.3, -0.25) is 9.59 Å². The molecule has 0 saturated carbocycles. The first-order valence-electron chi connectivity index (χ1n) is 6.04. The summed E-state index contributed by atoms with van der Waals surface area (Å²) in [4.78, 5) is 21.6. The smallest absolute Gasteiger partial charge is 0.303 e. The van der Waals surface area contributed by atoms with Crippen LogP contribution in [0.2, 0.25) is 0 Å². The monoisotopic (exact) mass is 229 g/mol. The van der Waals surface area contributed by atoms with Gasteiger partial charge in [0.15, 0.2) is 6.10 Å². The van der Waals surface area contributed by atoms with E-state index in [0.717, 1.165) is 12.8 Å². The SMILES string of the molecule is CCCCCCCCC(OC(C)=O)C(N)=O. The second-order valence-corrected chi connectivity index (χ2v) is 4.06. The summed E-state index contributed by atoms with van der Waals surface area (Å²) in [7, 11) is 0. The second-order valence-electron chi connectivity index (χ2n) is 4.06. The van der Waals surface area contributed by atoms with Gasteiger partial charge in [0, 0.05) is 6.92 Å². The van der Waals surface area contributed by atoms with Gasteiger partial charge in [-0.15, -0.1) is 0 Å². The van der Waals surface area contributed by atoms with Crippen molar-refractivity contribution >= 4 is 11.9 Å². The molecule has 2 N–H and O–H groups in total. The molecule has 0 fully saturated rings. The number of esters is 1. The third-order valence-corrected chi connectivity index (χ3v) is 2.45. The van der Waals surface area contributed by atoms with Crippen LogP contribution in [-0.4, -0.2) is 18.0 Å². The maximum Gasteiger partial charge on any atom is 0.303 e. The van der Waals surface area contributed by atoms with Crippen molar-refractivity contribution in [2.24, 2.45) is 5.73 Å². The number of hydrogen-bond acceptors (Lipinski definition) is 3. The van der Waals surface area contributed by atoms with Crippen LogP contribution >= 0.6 is 0 Å². The molecular weight excluding hydrogens is 206 g/mol. The lowest BCUT2D eigenvalue weighted by Gasteiger charge is -2.12. The van der Waals surface area contributed by atoms with E-state index < -0.39 is 18.0 Å². The molecule has 4 heteroatoms. The van der Waals surface area contributed by atoms with Crippen molar-refractivity contribution in [3.63, 3.8) is 0 Å². The van der Waals surface area contributed by atoms with Gasteiger partial charge in [0.1, 0.15) is 0 Å². The van der Waals surface area contributed by atoms with Gasteiger partial charge in [0.2, 0.25) is 0 Å². The van der Waals surface area contributed by atoms with Crippen molar-refractivity contribution in [3.05, 3.63) is 0 Å². The number of hydrogen-bond donors (Lipinski definition) is 1. The fourth-order valence-corrected chi connectivity index (χ4v) is 1.57. The van der Waals surface area contributed by atoms with Gasteiger partial charge >= 0.3 is 5.97 Å². The van der Waals surface area contributed by atoms with Crippen molar-refractivity contribution in [2.75, 3.05) is 0 Å². The van der Waals surface area contributed by atoms with Crippen LogP contribution in [0.15, 0.2) is 0 Å². The maximum absolute atomic E-state index is 10.9. The predicted molar refractivity (Wildman–Crippen MR) is 62.7 cm³/mol. The van der Waals surface area contributed by atoms with Gasteiger partial charge in [0.25, 0.3) is 5.91 Å². The number of amides is 1. The zero-order valence-electron chi connectivity index (χ0n) is 10.3. The third-order valence-electron chi connectivity index (χ3n) is 2.45. The summed E-state index contributed by atoms with van der Waals surface area (Å²) >= 11 is 0. The van der Waals surface area contributed by atoms with Gasteiger partial charge in [-0.25, -0.2) is 0 Å². The largest absolute Gasteiger partial charge is 0.452 e. The number of nitrogens with two attached hydrogens (primary N) is 1. The normalized spacial score (nSPS) is 12.1. The van der Waals surface area contributed by atoms with Crippen LogP contribution < -0.4 is 5.73 Å². The van der Waals surface area contributed by atoms with E-state index in [1.807, 2.05) is 0 Å². The molecule has 0 bridgehead atoms. The van der Waals surface area contributed by atoms with Gasteiger partial charge in [-0.2, -0.15) is 0 Å². The van der Waals surface area contributed by atoms with E-state index in [1.165, 1.54) is 32.6 Å². The molecule has 0 saturated heterocycles. The molecule has 0 spiro atoms. The summed E-state index contributed by atoms with van der Waals surface area (Å²) in [6.45, 7) is 3.46. The Morgan fingerprint density at radius 2 is 1.69 bits per heavy atom. The first-order chi connectivity index (χ1) is 7.57. The van der Waals surface area contributed by atoms with Crippen LogP contribution in [-0.2, 0) is 14.3 Å². The van der Waals surface area contributed by atoms with Crippen LogP contribution in [0.4, 0.5) is 0 Å². The molecular formula is C12H23NO3. The van der Waals surface area contributed by atoms with E-state index in [4.69, 9.17) is 10.5 Å². The summed E-state index contributed by atoms with van der Waals surface area (Å²) in [5.74, 6) is -1.00. The van der Waals surface area contributed by atoms with E-state index in [9.17, 15) is 9.59 Å². The Labute approximate surface area is 97.5 Å². The summed E-state index contributed by atoms with van der Waals surface area (Å²) in [5.41, 5.74) is 5.13. The van der Waals surface area contributed by atoms with Crippen molar-refractivity contribution in [3.8, 4) is 0 Å².